The Labute approximate surface area is 125 Å². The van der Waals surface area contributed by atoms with E-state index in [4.69, 9.17) is 5.73 Å². The van der Waals surface area contributed by atoms with Gasteiger partial charge in [-0.3, -0.25) is 4.79 Å². The molecule has 1 fully saturated rings. The predicted octanol–water partition coefficient (Wildman–Crippen LogP) is 2.06. The van der Waals surface area contributed by atoms with Crippen LogP contribution in [0.15, 0.2) is 11.4 Å². The zero-order valence-corrected chi connectivity index (χ0v) is 13.0. The fourth-order valence-electron chi connectivity index (χ4n) is 2.69. The molecular formula is C15H25N3OS. The van der Waals surface area contributed by atoms with Crippen LogP contribution in [0, 0.1) is 5.92 Å². The second-order valence-electron chi connectivity index (χ2n) is 5.76. The highest BCUT2D eigenvalue weighted by atomic mass is 32.1. The molecule has 20 heavy (non-hydrogen) atoms. The van der Waals surface area contributed by atoms with E-state index in [2.05, 4.69) is 17.1 Å². The Balaban J connectivity index is 1.65. The van der Waals surface area contributed by atoms with Crippen molar-refractivity contribution in [1.82, 2.24) is 10.2 Å². The fourth-order valence-corrected chi connectivity index (χ4v) is 3.53. The number of carbonyl (C=O) groups is 1. The Morgan fingerprint density at radius 1 is 1.45 bits per heavy atom. The Kier molecular flexibility index (Phi) is 6.01. The number of hydrogen-bond acceptors (Lipinski definition) is 4. The van der Waals surface area contributed by atoms with Crippen LogP contribution >= 0.6 is 11.3 Å². The van der Waals surface area contributed by atoms with Crippen LogP contribution in [-0.4, -0.2) is 37.0 Å². The molecule has 0 aliphatic carbocycles. The second kappa shape index (κ2) is 7.76. The van der Waals surface area contributed by atoms with E-state index < -0.39 is 0 Å². The number of thiophene rings is 1. The number of rotatable bonds is 7. The third-order valence-corrected chi connectivity index (χ3v) is 4.69. The number of nitrogens with two attached hydrogens (primary N) is 1. The van der Waals surface area contributed by atoms with Gasteiger partial charge in [0.15, 0.2) is 0 Å². The molecule has 0 saturated carbocycles. The SMILES string of the molecule is CC(CNCc1cc(C(N)=O)cs1)CN1CCCCC1. The van der Waals surface area contributed by atoms with E-state index in [1.807, 2.05) is 11.4 Å². The zero-order valence-electron chi connectivity index (χ0n) is 12.2. The summed E-state index contributed by atoms with van der Waals surface area (Å²) in [4.78, 5) is 14.8. The molecule has 5 heteroatoms. The van der Waals surface area contributed by atoms with Crippen LogP contribution in [0.2, 0.25) is 0 Å². The van der Waals surface area contributed by atoms with Gasteiger partial charge in [0.25, 0.3) is 0 Å². The van der Waals surface area contributed by atoms with Crippen molar-refractivity contribution in [2.75, 3.05) is 26.2 Å². The first-order valence-corrected chi connectivity index (χ1v) is 8.33. The molecule has 1 amide bonds. The molecule has 1 aliphatic rings. The Morgan fingerprint density at radius 3 is 2.85 bits per heavy atom. The van der Waals surface area contributed by atoms with Gasteiger partial charge in [-0.25, -0.2) is 0 Å². The van der Waals surface area contributed by atoms with Crippen molar-refractivity contribution in [3.8, 4) is 0 Å². The van der Waals surface area contributed by atoms with Gasteiger partial charge in [0.05, 0.1) is 5.56 Å². The third-order valence-electron chi connectivity index (χ3n) is 3.75. The highest BCUT2D eigenvalue weighted by Crippen LogP contribution is 2.14. The van der Waals surface area contributed by atoms with Gasteiger partial charge in [-0.1, -0.05) is 13.3 Å². The number of amides is 1. The first kappa shape index (κ1) is 15.5. The van der Waals surface area contributed by atoms with Crippen LogP contribution in [0.4, 0.5) is 0 Å². The average molecular weight is 295 g/mol. The van der Waals surface area contributed by atoms with Gasteiger partial charge in [0.2, 0.25) is 5.91 Å². The van der Waals surface area contributed by atoms with Crippen LogP contribution < -0.4 is 11.1 Å². The molecule has 0 bridgehead atoms. The van der Waals surface area contributed by atoms with Crippen LogP contribution in [0.25, 0.3) is 0 Å². The molecule has 1 aromatic heterocycles. The van der Waals surface area contributed by atoms with Crippen molar-refractivity contribution >= 4 is 17.2 Å². The summed E-state index contributed by atoms with van der Waals surface area (Å²) in [6.07, 6.45) is 4.10. The monoisotopic (exact) mass is 295 g/mol. The van der Waals surface area contributed by atoms with Crippen molar-refractivity contribution in [3.63, 3.8) is 0 Å². The summed E-state index contributed by atoms with van der Waals surface area (Å²) in [6.45, 7) is 7.84. The normalized spacial score (nSPS) is 18.1. The first-order valence-electron chi connectivity index (χ1n) is 7.45. The molecule has 1 unspecified atom stereocenters. The predicted molar refractivity (Wildman–Crippen MR) is 84.0 cm³/mol. The van der Waals surface area contributed by atoms with Gasteiger partial charge < -0.3 is 16.0 Å². The number of likely N-dealkylation sites (tertiary alicyclic amines) is 1. The van der Waals surface area contributed by atoms with Crippen molar-refractivity contribution < 1.29 is 4.79 Å². The van der Waals surface area contributed by atoms with Crippen molar-refractivity contribution in [2.45, 2.75) is 32.7 Å². The molecule has 4 nitrogen and oxygen atoms in total. The molecule has 2 rings (SSSR count). The molecule has 1 aromatic rings. The van der Waals surface area contributed by atoms with Crippen LogP contribution in [0.3, 0.4) is 0 Å². The minimum absolute atomic E-state index is 0.342. The van der Waals surface area contributed by atoms with Gasteiger partial charge in [0.1, 0.15) is 0 Å². The minimum atomic E-state index is -0.342. The summed E-state index contributed by atoms with van der Waals surface area (Å²) in [6, 6.07) is 1.88. The molecule has 1 saturated heterocycles. The van der Waals surface area contributed by atoms with E-state index >= 15 is 0 Å². The molecule has 0 radical (unpaired) electrons. The lowest BCUT2D eigenvalue weighted by Crippen LogP contribution is -2.36. The number of nitrogens with one attached hydrogen (secondary N) is 1. The van der Waals surface area contributed by atoms with E-state index in [1.165, 1.54) is 43.8 Å². The van der Waals surface area contributed by atoms with Crippen LogP contribution in [0.5, 0.6) is 0 Å². The Morgan fingerprint density at radius 2 is 2.20 bits per heavy atom. The highest BCUT2D eigenvalue weighted by molar-refractivity contribution is 7.10. The van der Waals surface area contributed by atoms with E-state index in [0.717, 1.165) is 13.1 Å². The lowest BCUT2D eigenvalue weighted by atomic mass is 10.1. The number of hydrogen-bond donors (Lipinski definition) is 2. The molecule has 112 valence electrons. The molecular weight excluding hydrogens is 270 g/mol. The van der Waals surface area contributed by atoms with E-state index in [1.54, 1.807) is 11.3 Å². The standard InChI is InChI=1S/C15H25N3OS/c1-12(10-18-5-3-2-4-6-18)8-17-9-14-7-13(11-20-14)15(16)19/h7,11-12,17H,2-6,8-10H2,1H3,(H2,16,19). The fraction of sp³-hybridized carbons (Fsp3) is 0.667. The third kappa shape index (κ3) is 4.89. The summed E-state index contributed by atoms with van der Waals surface area (Å²) < 4.78 is 0. The number of carbonyl (C=O) groups excluding carboxylic acids is 1. The van der Waals surface area contributed by atoms with Crippen molar-refractivity contribution in [1.29, 1.82) is 0 Å². The second-order valence-corrected chi connectivity index (χ2v) is 6.76. The smallest absolute Gasteiger partial charge is 0.249 e. The molecule has 0 spiro atoms. The summed E-state index contributed by atoms with van der Waals surface area (Å²) >= 11 is 1.59. The van der Waals surface area contributed by atoms with E-state index in [0.29, 0.717) is 11.5 Å². The molecule has 3 N–H and O–H groups in total. The zero-order chi connectivity index (χ0) is 14.4. The van der Waals surface area contributed by atoms with Gasteiger partial charge in [-0.2, -0.15) is 0 Å². The summed E-state index contributed by atoms with van der Waals surface area (Å²) in [5.41, 5.74) is 5.87. The number of primary amides is 1. The van der Waals surface area contributed by atoms with Gasteiger partial charge in [0, 0.05) is 23.3 Å². The quantitative estimate of drug-likeness (QED) is 0.809. The number of nitrogens with zero attached hydrogens (tertiary/aromatic N) is 1. The summed E-state index contributed by atoms with van der Waals surface area (Å²) in [7, 11) is 0. The molecule has 1 aliphatic heterocycles. The summed E-state index contributed by atoms with van der Waals surface area (Å²) in [5, 5.41) is 5.30. The summed E-state index contributed by atoms with van der Waals surface area (Å²) in [5.74, 6) is 0.314. The maximum Gasteiger partial charge on any atom is 0.249 e. The van der Waals surface area contributed by atoms with Gasteiger partial charge >= 0.3 is 0 Å². The Bertz CT molecular complexity index is 427. The average Bonchev–Trinajstić information content (AvgIpc) is 2.89. The van der Waals surface area contributed by atoms with Crippen LogP contribution in [0.1, 0.15) is 41.4 Å². The highest BCUT2D eigenvalue weighted by Gasteiger charge is 2.13. The number of piperidine rings is 1. The topological polar surface area (TPSA) is 58.4 Å². The van der Waals surface area contributed by atoms with Crippen molar-refractivity contribution in [2.24, 2.45) is 11.7 Å². The first-order chi connectivity index (χ1) is 9.65. The molecule has 2 heterocycles. The Hall–Kier alpha value is -0.910. The van der Waals surface area contributed by atoms with Gasteiger partial charge in [-0.15, -0.1) is 11.3 Å². The maximum absolute atomic E-state index is 11.0. The lowest BCUT2D eigenvalue weighted by molar-refractivity contribution is 0.100. The van der Waals surface area contributed by atoms with E-state index in [9.17, 15) is 4.79 Å². The van der Waals surface area contributed by atoms with Crippen LogP contribution in [-0.2, 0) is 6.54 Å². The molecule has 1 atom stereocenters. The largest absolute Gasteiger partial charge is 0.366 e. The van der Waals surface area contributed by atoms with E-state index in [-0.39, 0.29) is 5.91 Å². The maximum atomic E-state index is 11.0. The van der Waals surface area contributed by atoms with Gasteiger partial charge in [-0.05, 0) is 44.5 Å². The lowest BCUT2D eigenvalue weighted by Gasteiger charge is -2.29. The molecule has 0 aromatic carbocycles. The minimum Gasteiger partial charge on any atom is -0.366 e. The van der Waals surface area contributed by atoms with Crippen molar-refractivity contribution in [3.05, 3.63) is 21.9 Å².